The second-order valence-corrected chi connectivity index (χ2v) is 6.79. The third-order valence-corrected chi connectivity index (χ3v) is 4.98. The number of halogens is 1. The molecule has 1 fully saturated rings. The summed E-state index contributed by atoms with van der Waals surface area (Å²) in [6.07, 6.45) is 9.08. The van der Waals surface area contributed by atoms with E-state index >= 15 is 0 Å². The van der Waals surface area contributed by atoms with Gasteiger partial charge < -0.3 is 0 Å². The summed E-state index contributed by atoms with van der Waals surface area (Å²) in [6.45, 7) is 0. The second kappa shape index (κ2) is 6.37. The monoisotopic (exact) mass is 323 g/mol. The molecule has 117 valence electrons. The Kier molecular flexibility index (Phi) is 4.09. The molecule has 1 aromatic heterocycles. The van der Waals surface area contributed by atoms with Crippen molar-refractivity contribution < 1.29 is 0 Å². The number of nitrogens with zero attached hydrogens (tertiary/aromatic N) is 2. The van der Waals surface area contributed by atoms with Gasteiger partial charge in [-0.1, -0.05) is 49.1 Å². The molecule has 3 aromatic rings. The lowest BCUT2D eigenvalue weighted by Gasteiger charge is -2.21. The van der Waals surface area contributed by atoms with Crippen molar-refractivity contribution >= 4 is 22.5 Å². The van der Waals surface area contributed by atoms with Crippen LogP contribution in [0.25, 0.3) is 16.6 Å². The molecule has 0 saturated heterocycles. The van der Waals surface area contributed by atoms with Gasteiger partial charge in [-0.25, -0.2) is 4.68 Å². The minimum atomic E-state index is 0.662. The molecular weight excluding hydrogens is 304 g/mol. The van der Waals surface area contributed by atoms with Crippen LogP contribution in [0.2, 0.25) is 5.02 Å². The maximum absolute atomic E-state index is 6.04. The zero-order valence-corrected chi connectivity index (χ0v) is 13.8. The fourth-order valence-electron chi connectivity index (χ4n) is 3.52. The van der Waals surface area contributed by atoms with Gasteiger partial charge in [0.1, 0.15) is 0 Å². The quantitative estimate of drug-likeness (QED) is 0.594. The minimum absolute atomic E-state index is 0.662. The van der Waals surface area contributed by atoms with Gasteiger partial charge in [0.25, 0.3) is 0 Å². The lowest BCUT2D eigenvalue weighted by Crippen LogP contribution is -2.11. The van der Waals surface area contributed by atoms with Crippen LogP contribution in [-0.4, -0.2) is 9.78 Å². The third kappa shape index (κ3) is 3.00. The van der Waals surface area contributed by atoms with Gasteiger partial charge >= 0.3 is 0 Å². The Labute approximate surface area is 142 Å². The molecule has 2 aromatic carbocycles. The number of rotatable bonds is 3. The maximum atomic E-state index is 6.04. The van der Waals surface area contributed by atoms with Gasteiger partial charge in [0.15, 0.2) is 0 Å². The van der Waals surface area contributed by atoms with Crippen molar-refractivity contribution in [3.8, 4) is 5.69 Å². The SMILES string of the molecule is Clc1ccc(-n2nc3ccccc3c2[CH]C2CCCCC2)cc1. The fourth-order valence-corrected chi connectivity index (χ4v) is 3.64. The lowest BCUT2D eigenvalue weighted by molar-refractivity contribution is 0.401. The van der Waals surface area contributed by atoms with Crippen LogP contribution in [0, 0.1) is 12.3 Å². The molecule has 1 aliphatic rings. The first-order valence-corrected chi connectivity index (χ1v) is 8.77. The molecule has 0 unspecified atom stereocenters. The predicted molar refractivity (Wildman–Crippen MR) is 96.1 cm³/mol. The van der Waals surface area contributed by atoms with Crippen molar-refractivity contribution in [3.63, 3.8) is 0 Å². The van der Waals surface area contributed by atoms with Gasteiger partial charge in [-0.3, -0.25) is 0 Å². The van der Waals surface area contributed by atoms with Crippen LogP contribution in [0.15, 0.2) is 48.5 Å². The molecule has 0 N–H and O–H groups in total. The van der Waals surface area contributed by atoms with E-state index in [1.807, 2.05) is 30.3 Å². The summed E-state index contributed by atoms with van der Waals surface area (Å²) in [5, 5.41) is 6.80. The highest BCUT2D eigenvalue weighted by Gasteiger charge is 2.20. The minimum Gasteiger partial charge on any atom is -0.236 e. The van der Waals surface area contributed by atoms with Crippen LogP contribution in [0.4, 0.5) is 0 Å². The van der Waals surface area contributed by atoms with Gasteiger partial charge in [0, 0.05) is 16.8 Å². The summed E-state index contributed by atoms with van der Waals surface area (Å²) in [5.41, 5.74) is 3.33. The van der Waals surface area contributed by atoms with Crippen molar-refractivity contribution in [2.24, 2.45) is 5.92 Å². The van der Waals surface area contributed by atoms with Crippen molar-refractivity contribution in [1.29, 1.82) is 0 Å². The molecule has 1 heterocycles. The highest BCUT2D eigenvalue weighted by atomic mass is 35.5. The summed E-state index contributed by atoms with van der Waals surface area (Å²) in [7, 11) is 0. The standard InChI is InChI=1S/C20H20ClN2/c21-16-10-12-17(13-11-16)23-20(14-15-6-2-1-3-7-15)18-8-4-5-9-19(18)22-23/h4-5,8-15H,1-3,6-7H2. The molecule has 0 aliphatic heterocycles. The molecule has 1 aliphatic carbocycles. The summed E-state index contributed by atoms with van der Waals surface area (Å²) in [4.78, 5) is 0. The van der Waals surface area contributed by atoms with E-state index in [4.69, 9.17) is 16.7 Å². The Balaban J connectivity index is 1.79. The van der Waals surface area contributed by atoms with Crippen molar-refractivity contribution in [1.82, 2.24) is 9.78 Å². The molecule has 0 atom stereocenters. The average Bonchev–Trinajstić information content (AvgIpc) is 2.95. The van der Waals surface area contributed by atoms with Crippen LogP contribution < -0.4 is 0 Å². The molecule has 0 bridgehead atoms. The second-order valence-electron chi connectivity index (χ2n) is 6.36. The molecule has 0 amide bonds. The van der Waals surface area contributed by atoms with Gasteiger partial charge in [-0.15, -0.1) is 0 Å². The first-order valence-electron chi connectivity index (χ1n) is 8.40. The summed E-state index contributed by atoms with van der Waals surface area (Å²) in [5.74, 6) is 0.662. The molecule has 4 rings (SSSR count). The largest absolute Gasteiger partial charge is 0.236 e. The summed E-state index contributed by atoms with van der Waals surface area (Å²) < 4.78 is 2.07. The topological polar surface area (TPSA) is 17.8 Å². The normalized spacial score (nSPS) is 16.0. The van der Waals surface area contributed by atoms with Gasteiger partial charge in [0.2, 0.25) is 0 Å². The zero-order valence-electron chi connectivity index (χ0n) is 13.1. The molecule has 23 heavy (non-hydrogen) atoms. The summed E-state index contributed by atoms with van der Waals surface area (Å²) >= 11 is 6.04. The first-order chi connectivity index (χ1) is 11.3. The van der Waals surface area contributed by atoms with E-state index in [9.17, 15) is 0 Å². The maximum Gasteiger partial charge on any atom is 0.0930 e. The predicted octanol–water partition coefficient (Wildman–Crippen LogP) is 5.81. The number of hydrogen-bond donors (Lipinski definition) is 0. The van der Waals surface area contributed by atoms with Gasteiger partial charge in [0.05, 0.1) is 16.9 Å². The van der Waals surface area contributed by atoms with Crippen molar-refractivity contribution in [3.05, 3.63) is 65.7 Å². The zero-order chi connectivity index (χ0) is 15.6. The van der Waals surface area contributed by atoms with E-state index < -0.39 is 0 Å². The van der Waals surface area contributed by atoms with Crippen LogP contribution in [-0.2, 0) is 0 Å². The van der Waals surface area contributed by atoms with Crippen LogP contribution >= 0.6 is 11.6 Å². The van der Waals surface area contributed by atoms with E-state index in [2.05, 4.69) is 29.3 Å². The highest BCUT2D eigenvalue weighted by Crippen LogP contribution is 2.32. The van der Waals surface area contributed by atoms with E-state index in [-0.39, 0.29) is 0 Å². The Morgan fingerprint density at radius 1 is 0.957 bits per heavy atom. The van der Waals surface area contributed by atoms with Crippen molar-refractivity contribution in [2.75, 3.05) is 0 Å². The number of hydrogen-bond acceptors (Lipinski definition) is 1. The smallest absolute Gasteiger partial charge is 0.0930 e. The van der Waals surface area contributed by atoms with Crippen LogP contribution in [0.1, 0.15) is 37.8 Å². The Morgan fingerprint density at radius 2 is 1.70 bits per heavy atom. The Bertz CT molecular complexity index is 798. The van der Waals surface area contributed by atoms with E-state index in [0.29, 0.717) is 5.92 Å². The first kappa shape index (κ1) is 14.8. The van der Waals surface area contributed by atoms with E-state index in [0.717, 1.165) is 16.2 Å². The highest BCUT2D eigenvalue weighted by molar-refractivity contribution is 6.30. The third-order valence-electron chi connectivity index (χ3n) is 4.73. The number of fused-ring (bicyclic) bond motifs is 1. The fraction of sp³-hybridized carbons (Fsp3) is 0.300. The average molecular weight is 324 g/mol. The number of benzene rings is 2. The molecule has 0 spiro atoms. The molecule has 2 nitrogen and oxygen atoms in total. The van der Waals surface area contributed by atoms with Gasteiger partial charge in [-0.2, -0.15) is 5.10 Å². The molecule has 1 saturated carbocycles. The number of aromatic nitrogens is 2. The van der Waals surface area contributed by atoms with Crippen LogP contribution in [0.5, 0.6) is 0 Å². The Morgan fingerprint density at radius 3 is 2.48 bits per heavy atom. The molecule has 3 heteroatoms. The van der Waals surface area contributed by atoms with E-state index in [1.54, 1.807) is 0 Å². The summed E-state index contributed by atoms with van der Waals surface area (Å²) in [6, 6.07) is 16.3. The van der Waals surface area contributed by atoms with Crippen LogP contribution in [0.3, 0.4) is 0 Å². The molecular formula is C20H20ClN2. The Hall–Kier alpha value is -1.80. The lowest BCUT2D eigenvalue weighted by atomic mass is 9.85. The van der Waals surface area contributed by atoms with E-state index in [1.165, 1.54) is 43.2 Å². The van der Waals surface area contributed by atoms with Gasteiger partial charge in [-0.05, 0) is 49.1 Å². The molecule has 1 radical (unpaired) electrons. The van der Waals surface area contributed by atoms with Crippen molar-refractivity contribution in [2.45, 2.75) is 32.1 Å².